The lowest BCUT2D eigenvalue weighted by Gasteiger charge is -2.28. The quantitative estimate of drug-likeness (QED) is 0.0433. The number of benzene rings is 1. The molecule has 0 aliphatic rings. The molecule has 0 aromatic heterocycles. The van der Waals surface area contributed by atoms with E-state index in [1.807, 2.05) is 0 Å². The highest BCUT2D eigenvalue weighted by Crippen LogP contribution is 2.14. The first-order valence-corrected chi connectivity index (χ1v) is 15.2. The number of hydrogen-bond acceptors (Lipinski definition) is 9. The van der Waals surface area contributed by atoms with Gasteiger partial charge in [0, 0.05) is 13.0 Å². The molecule has 4 amide bonds. The highest BCUT2D eigenvalue weighted by Gasteiger charge is 2.34. The maximum Gasteiger partial charge on any atom is 0.326 e. The predicted molar refractivity (Wildman–Crippen MR) is 172 cm³/mol. The molecule has 0 saturated carbocycles. The van der Waals surface area contributed by atoms with E-state index in [-0.39, 0.29) is 37.5 Å². The molecule has 1 aromatic carbocycles. The molecule has 0 aliphatic carbocycles. The molecule has 17 heteroatoms. The second-order valence-electron chi connectivity index (χ2n) is 11.6. The van der Waals surface area contributed by atoms with Crippen molar-refractivity contribution < 1.29 is 44.1 Å². The Labute approximate surface area is 273 Å². The van der Waals surface area contributed by atoms with Gasteiger partial charge in [0.1, 0.15) is 29.9 Å². The summed E-state index contributed by atoms with van der Waals surface area (Å²) in [5, 5.41) is 38.5. The van der Waals surface area contributed by atoms with Crippen LogP contribution >= 0.6 is 0 Å². The summed E-state index contributed by atoms with van der Waals surface area (Å²) >= 11 is 0. The van der Waals surface area contributed by atoms with Crippen molar-refractivity contribution in [1.82, 2.24) is 21.3 Å². The van der Waals surface area contributed by atoms with Gasteiger partial charge in [-0.15, -0.1) is 0 Å². The van der Waals surface area contributed by atoms with Crippen molar-refractivity contribution in [3.63, 3.8) is 0 Å². The number of carboxylic acids is 2. The lowest BCUT2D eigenvalue weighted by Crippen LogP contribution is -2.60. The monoisotopic (exact) mass is 664 g/mol. The van der Waals surface area contributed by atoms with E-state index in [9.17, 15) is 39.0 Å². The Hall–Kier alpha value is -4.93. The second-order valence-corrected chi connectivity index (χ2v) is 11.6. The number of aliphatic imine (C=N–C) groups is 1. The first kappa shape index (κ1) is 40.1. The minimum atomic E-state index is -1.45. The van der Waals surface area contributed by atoms with E-state index in [1.54, 1.807) is 27.7 Å². The number of guanidine groups is 1. The molecule has 0 saturated heterocycles. The van der Waals surface area contributed by atoms with Gasteiger partial charge in [0.2, 0.25) is 23.6 Å². The summed E-state index contributed by atoms with van der Waals surface area (Å²) < 4.78 is 0. The van der Waals surface area contributed by atoms with Crippen molar-refractivity contribution in [2.75, 3.05) is 6.54 Å². The van der Waals surface area contributed by atoms with E-state index in [1.165, 1.54) is 24.3 Å². The summed E-state index contributed by atoms with van der Waals surface area (Å²) in [6.07, 6.45) is -0.0835. The average Bonchev–Trinajstić information content (AvgIpc) is 2.99. The van der Waals surface area contributed by atoms with Crippen LogP contribution in [0.15, 0.2) is 29.3 Å². The van der Waals surface area contributed by atoms with Crippen LogP contribution in [0.4, 0.5) is 0 Å². The van der Waals surface area contributed by atoms with Crippen LogP contribution < -0.4 is 38.5 Å². The number of nitrogens with one attached hydrogen (secondary N) is 4. The molecule has 0 aliphatic heterocycles. The summed E-state index contributed by atoms with van der Waals surface area (Å²) in [4.78, 5) is 79.8. The summed E-state index contributed by atoms with van der Waals surface area (Å²) in [7, 11) is 0. The fourth-order valence-electron chi connectivity index (χ4n) is 4.40. The number of phenols is 1. The number of hydrogen-bond donors (Lipinski definition) is 10. The third kappa shape index (κ3) is 14.4. The van der Waals surface area contributed by atoms with Crippen molar-refractivity contribution in [1.29, 1.82) is 0 Å². The van der Waals surface area contributed by atoms with E-state index < -0.39 is 84.0 Å². The molecule has 0 spiro atoms. The summed E-state index contributed by atoms with van der Waals surface area (Å²) in [5.74, 6) is -6.95. The predicted octanol–water partition coefficient (Wildman–Crippen LogP) is -1.48. The van der Waals surface area contributed by atoms with E-state index in [2.05, 4.69) is 26.3 Å². The van der Waals surface area contributed by atoms with Gasteiger partial charge in [0.25, 0.3) is 0 Å². The SMILES string of the molecule is CC[C@H](C)[C@H](NC(=O)[C@H](Cc1ccc(O)cc1)NC(=O)[C@H](NC(=O)[C@H](CCCN=C(N)N)NC(=O)[C@@H](N)CC(=O)O)C(C)C)C(=O)O. The van der Waals surface area contributed by atoms with Crippen molar-refractivity contribution in [3.8, 4) is 5.75 Å². The molecule has 0 radical (unpaired) electrons. The molecule has 47 heavy (non-hydrogen) atoms. The molecule has 13 N–H and O–H groups in total. The average molecular weight is 665 g/mol. The molecular weight excluding hydrogens is 616 g/mol. The third-order valence-corrected chi connectivity index (χ3v) is 7.34. The molecule has 17 nitrogen and oxygen atoms in total. The standard InChI is InChI=1S/C30H48N8O9/c1-5-16(4)24(29(46)47)38-27(44)21(13-17-8-10-18(39)11-9-17)36-28(45)23(15(2)3)37-26(43)20(7-6-12-34-30(32)33)35-25(42)19(31)14-22(40)41/h8-11,15-16,19-21,23-24,39H,5-7,12-14,31H2,1-4H3,(H,35,42)(H,36,45)(H,37,43)(H,38,44)(H,40,41)(H,46,47)(H4,32,33,34)/t16-,19-,20-,21-,23+,24-/m0/s1. The van der Waals surface area contributed by atoms with Crippen LogP contribution in [-0.4, -0.2) is 93.6 Å². The number of phenolic OH excluding ortho intramolecular Hbond substituents is 1. The summed E-state index contributed by atoms with van der Waals surface area (Å²) in [6, 6.07) is -0.577. The Balaban J connectivity index is 3.28. The molecule has 0 heterocycles. The van der Waals surface area contributed by atoms with Crippen LogP contribution in [0.25, 0.3) is 0 Å². The van der Waals surface area contributed by atoms with Crippen molar-refractivity contribution in [3.05, 3.63) is 29.8 Å². The van der Waals surface area contributed by atoms with Crippen molar-refractivity contribution >= 4 is 41.5 Å². The smallest absolute Gasteiger partial charge is 0.326 e. The maximum atomic E-state index is 13.6. The highest BCUT2D eigenvalue weighted by atomic mass is 16.4. The molecule has 0 unspecified atom stereocenters. The number of aliphatic carboxylic acids is 2. The lowest BCUT2D eigenvalue weighted by molar-refractivity contribution is -0.144. The Morgan fingerprint density at radius 1 is 0.809 bits per heavy atom. The van der Waals surface area contributed by atoms with Gasteiger partial charge in [-0.1, -0.05) is 46.2 Å². The van der Waals surface area contributed by atoms with Crippen LogP contribution in [0.1, 0.15) is 58.9 Å². The molecule has 6 atom stereocenters. The molecule has 0 fully saturated rings. The molecular formula is C30H48N8O9. The van der Waals surface area contributed by atoms with E-state index in [0.29, 0.717) is 12.0 Å². The number of carbonyl (C=O) groups excluding carboxylic acids is 4. The Bertz CT molecular complexity index is 1270. The van der Waals surface area contributed by atoms with Crippen LogP contribution in [0.3, 0.4) is 0 Å². The van der Waals surface area contributed by atoms with Crippen LogP contribution in [0.5, 0.6) is 5.75 Å². The minimum Gasteiger partial charge on any atom is -0.508 e. The van der Waals surface area contributed by atoms with Crippen LogP contribution in [0.2, 0.25) is 0 Å². The van der Waals surface area contributed by atoms with Gasteiger partial charge in [-0.25, -0.2) is 4.79 Å². The fraction of sp³-hybridized carbons (Fsp3) is 0.567. The van der Waals surface area contributed by atoms with E-state index >= 15 is 0 Å². The van der Waals surface area contributed by atoms with Gasteiger partial charge >= 0.3 is 11.9 Å². The topological polar surface area (TPSA) is 302 Å². The zero-order valence-corrected chi connectivity index (χ0v) is 27.1. The number of amides is 4. The highest BCUT2D eigenvalue weighted by molar-refractivity contribution is 5.96. The zero-order valence-electron chi connectivity index (χ0n) is 27.1. The number of aromatic hydroxyl groups is 1. The lowest BCUT2D eigenvalue weighted by atomic mass is 9.97. The molecule has 1 rings (SSSR count). The Morgan fingerprint density at radius 2 is 1.36 bits per heavy atom. The second kappa shape index (κ2) is 19.6. The van der Waals surface area contributed by atoms with Crippen LogP contribution in [0, 0.1) is 11.8 Å². The number of nitrogens with zero attached hydrogens (tertiary/aromatic N) is 1. The number of nitrogens with two attached hydrogens (primary N) is 3. The van der Waals surface area contributed by atoms with E-state index in [0.717, 1.165) is 0 Å². The normalized spacial score (nSPS) is 14.8. The summed E-state index contributed by atoms with van der Waals surface area (Å²) in [5.41, 5.74) is 16.9. The first-order valence-electron chi connectivity index (χ1n) is 15.2. The van der Waals surface area contributed by atoms with Gasteiger partial charge in [-0.3, -0.25) is 29.0 Å². The Kier molecular flexibility index (Phi) is 16.7. The first-order chi connectivity index (χ1) is 22.0. The maximum absolute atomic E-state index is 13.6. The van der Waals surface area contributed by atoms with Crippen molar-refractivity contribution in [2.24, 2.45) is 34.0 Å². The van der Waals surface area contributed by atoms with Gasteiger partial charge < -0.3 is 53.8 Å². The van der Waals surface area contributed by atoms with Crippen molar-refractivity contribution in [2.45, 2.75) is 90.0 Å². The zero-order chi connectivity index (χ0) is 35.8. The third-order valence-electron chi connectivity index (χ3n) is 7.34. The number of carbonyl (C=O) groups is 6. The summed E-state index contributed by atoms with van der Waals surface area (Å²) in [6.45, 7) is 6.82. The molecule has 0 bridgehead atoms. The van der Waals surface area contributed by atoms with Gasteiger partial charge in [-0.2, -0.15) is 0 Å². The van der Waals surface area contributed by atoms with Gasteiger partial charge in [-0.05, 0) is 42.4 Å². The Morgan fingerprint density at radius 3 is 1.87 bits per heavy atom. The number of rotatable bonds is 20. The molecule has 1 aromatic rings. The molecule has 262 valence electrons. The minimum absolute atomic E-state index is 0.00134. The van der Waals surface area contributed by atoms with Crippen LogP contribution in [-0.2, 0) is 35.2 Å². The van der Waals surface area contributed by atoms with Gasteiger partial charge in [0.05, 0.1) is 12.5 Å². The number of carboxylic acid groups (broad SMARTS) is 2. The van der Waals surface area contributed by atoms with E-state index in [4.69, 9.17) is 22.3 Å². The fourth-order valence-corrected chi connectivity index (χ4v) is 4.40. The largest absolute Gasteiger partial charge is 0.508 e. The van der Waals surface area contributed by atoms with Gasteiger partial charge in [0.15, 0.2) is 5.96 Å².